The molecule has 0 radical (unpaired) electrons. The number of amides is 2. The Balaban J connectivity index is 1.65. The van der Waals surface area contributed by atoms with Gasteiger partial charge < -0.3 is 10.2 Å². The molecule has 1 saturated heterocycles. The fourth-order valence-corrected chi connectivity index (χ4v) is 3.38. The second kappa shape index (κ2) is 6.91. The largest absolute Gasteiger partial charge is 0.347 e. The van der Waals surface area contributed by atoms with Crippen molar-refractivity contribution in [3.63, 3.8) is 0 Å². The first-order valence-electron chi connectivity index (χ1n) is 7.68. The summed E-state index contributed by atoms with van der Waals surface area (Å²) in [5, 5.41) is 3.81. The minimum absolute atomic E-state index is 0.109. The van der Waals surface area contributed by atoms with Gasteiger partial charge >= 0.3 is 0 Å². The number of nitrogens with zero attached hydrogens (tertiary/aromatic N) is 2. The normalized spacial score (nSPS) is 14.3. The lowest BCUT2D eigenvalue weighted by Gasteiger charge is -2.18. The number of carbonyl (C=O) groups is 2. The smallest absolute Gasteiger partial charge is 0.263 e. The van der Waals surface area contributed by atoms with Crippen molar-refractivity contribution in [3.05, 3.63) is 51.5 Å². The Morgan fingerprint density at radius 3 is 2.78 bits per heavy atom. The van der Waals surface area contributed by atoms with E-state index in [2.05, 4.69) is 10.3 Å². The van der Waals surface area contributed by atoms with Crippen molar-refractivity contribution < 1.29 is 9.59 Å². The predicted octanol–water partition coefficient (Wildman–Crippen LogP) is 2.50. The SMILES string of the molecule is Cc1ncc(C(=O)NCc2ccccc2CN2CCCC2=O)s1. The molecular formula is C17H19N3O2S. The molecule has 2 aromatic rings. The van der Waals surface area contributed by atoms with Crippen LogP contribution in [0.1, 0.15) is 38.6 Å². The van der Waals surface area contributed by atoms with E-state index >= 15 is 0 Å². The fourth-order valence-electron chi connectivity index (χ4n) is 2.69. The molecular weight excluding hydrogens is 310 g/mol. The van der Waals surface area contributed by atoms with E-state index in [9.17, 15) is 9.59 Å². The molecule has 0 bridgehead atoms. The molecule has 3 rings (SSSR count). The minimum Gasteiger partial charge on any atom is -0.347 e. The molecule has 1 aliphatic heterocycles. The molecule has 0 atom stereocenters. The van der Waals surface area contributed by atoms with Gasteiger partial charge in [-0.25, -0.2) is 4.98 Å². The minimum atomic E-state index is -0.109. The molecule has 2 amide bonds. The van der Waals surface area contributed by atoms with Crippen molar-refractivity contribution in [1.29, 1.82) is 0 Å². The van der Waals surface area contributed by atoms with Crippen LogP contribution in [0.15, 0.2) is 30.5 Å². The number of likely N-dealkylation sites (tertiary alicyclic amines) is 1. The molecule has 0 saturated carbocycles. The average molecular weight is 329 g/mol. The van der Waals surface area contributed by atoms with Gasteiger partial charge in [-0.05, 0) is 24.5 Å². The number of rotatable bonds is 5. The van der Waals surface area contributed by atoms with E-state index in [1.165, 1.54) is 11.3 Å². The average Bonchev–Trinajstić information content (AvgIpc) is 3.15. The highest BCUT2D eigenvalue weighted by Crippen LogP contribution is 2.17. The highest BCUT2D eigenvalue weighted by atomic mass is 32.1. The van der Waals surface area contributed by atoms with Gasteiger partial charge in [0.25, 0.3) is 5.91 Å². The lowest BCUT2D eigenvalue weighted by atomic mass is 10.1. The lowest BCUT2D eigenvalue weighted by Crippen LogP contribution is -2.26. The molecule has 5 nitrogen and oxygen atoms in total. The molecule has 2 heterocycles. The molecule has 0 unspecified atom stereocenters. The van der Waals surface area contributed by atoms with Gasteiger partial charge in [-0.3, -0.25) is 9.59 Å². The summed E-state index contributed by atoms with van der Waals surface area (Å²) in [6.07, 6.45) is 3.18. The number of thiazole rings is 1. The van der Waals surface area contributed by atoms with Crippen LogP contribution in [-0.2, 0) is 17.9 Å². The second-order valence-corrected chi connectivity index (χ2v) is 6.85. The summed E-state index contributed by atoms with van der Waals surface area (Å²) in [7, 11) is 0. The summed E-state index contributed by atoms with van der Waals surface area (Å²) in [5.74, 6) is 0.103. The van der Waals surface area contributed by atoms with Gasteiger partial charge in [-0.2, -0.15) is 0 Å². The van der Waals surface area contributed by atoms with Gasteiger partial charge in [0.2, 0.25) is 5.91 Å². The van der Waals surface area contributed by atoms with Crippen molar-refractivity contribution in [2.24, 2.45) is 0 Å². The van der Waals surface area contributed by atoms with E-state index in [-0.39, 0.29) is 11.8 Å². The molecule has 1 aliphatic rings. The van der Waals surface area contributed by atoms with Crippen molar-refractivity contribution in [2.75, 3.05) is 6.54 Å². The molecule has 0 spiro atoms. The third kappa shape index (κ3) is 3.76. The van der Waals surface area contributed by atoms with Gasteiger partial charge in [0.15, 0.2) is 0 Å². The zero-order valence-corrected chi connectivity index (χ0v) is 13.9. The van der Waals surface area contributed by atoms with Crippen LogP contribution in [0.25, 0.3) is 0 Å². The Labute approximate surface area is 139 Å². The number of aryl methyl sites for hydroxylation is 1. The van der Waals surface area contributed by atoms with Crippen molar-refractivity contribution >= 4 is 23.2 Å². The lowest BCUT2D eigenvalue weighted by molar-refractivity contribution is -0.128. The standard InChI is InChI=1S/C17H19N3O2S/c1-12-18-10-15(23-12)17(22)19-9-13-5-2-3-6-14(13)11-20-8-4-7-16(20)21/h2-3,5-6,10H,4,7-9,11H2,1H3,(H,19,22). The number of aromatic nitrogens is 1. The summed E-state index contributed by atoms with van der Waals surface area (Å²) in [6, 6.07) is 7.93. The number of hydrogen-bond acceptors (Lipinski definition) is 4. The molecule has 120 valence electrons. The van der Waals surface area contributed by atoms with Crippen LogP contribution in [0.5, 0.6) is 0 Å². The Hall–Kier alpha value is -2.21. The third-order valence-electron chi connectivity index (χ3n) is 3.94. The summed E-state index contributed by atoms with van der Waals surface area (Å²) < 4.78 is 0. The topological polar surface area (TPSA) is 62.3 Å². The van der Waals surface area contributed by atoms with Crippen molar-refractivity contribution in [2.45, 2.75) is 32.9 Å². The number of hydrogen-bond donors (Lipinski definition) is 1. The van der Waals surface area contributed by atoms with Gasteiger partial charge in [0, 0.05) is 26.1 Å². The van der Waals surface area contributed by atoms with E-state index in [4.69, 9.17) is 0 Å². The number of benzene rings is 1. The van der Waals surface area contributed by atoms with Crippen LogP contribution >= 0.6 is 11.3 Å². The van der Waals surface area contributed by atoms with E-state index in [1.807, 2.05) is 36.1 Å². The van der Waals surface area contributed by atoms with Gasteiger partial charge in [0.1, 0.15) is 4.88 Å². The van der Waals surface area contributed by atoms with Crippen LogP contribution in [0.2, 0.25) is 0 Å². The Kier molecular flexibility index (Phi) is 4.71. The van der Waals surface area contributed by atoms with Crippen LogP contribution in [0.3, 0.4) is 0 Å². The van der Waals surface area contributed by atoms with Gasteiger partial charge in [-0.15, -0.1) is 11.3 Å². The monoisotopic (exact) mass is 329 g/mol. The summed E-state index contributed by atoms with van der Waals surface area (Å²) >= 11 is 1.39. The maximum atomic E-state index is 12.1. The van der Waals surface area contributed by atoms with Crippen molar-refractivity contribution in [1.82, 2.24) is 15.2 Å². The molecule has 1 aromatic carbocycles. The highest BCUT2D eigenvalue weighted by Gasteiger charge is 2.21. The highest BCUT2D eigenvalue weighted by molar-refractivity contribution is 7.13. The van der Waals surface area contributed by atoms with E-state index in [1.54, 1.807) is 6.20 Å². The summed E-state index contributed by atoms with van der Waals surface area (Å²) in [5.41, 5.74) is 2.13. The predicted molar refractivity (Wildman–Crippen MR) is 89.1 cm³/mol. The maximum Gasteiger partial charge on any atom is 0.263 e. The second-order valence-electron chi connectivity index (χ2n) is 5.61. The molecule has 1 fully saturated rings. The van der Waals surface area contributed by atoms with E-state index < -0.39 is 0 Å². The van der Waals surface area contributed by atoms with Gasteiger partial charge in [0.05, 0.1) is 11.2 Å². The quantitative estimate of drug-likeness (QED) is 0.917. The number of carbonyl (C=O) groups excluding carboxylic acids is 2. The molecule has 6 heteroatoms. The third-order valence-corrected chi connectivity index (χ3v) is 4.85. The fraction of sp³-hybridized carbons (Fsp3) is 0.353. The molecule has 0 aliphatic carbocycles. The van der Waals surface area contributed by atoms with Gasteiger partial charge in [-0.1, -0.05) is 24.3 Å². The zero-order valence-electron chi connectivity index (χ0n) is 13.0. The molecule has 23 heavy (non-hydrogen) atoms. The Bertz CT molecular complexity index is 726. The Morgan fingerprint density at radius 2 is 2.13 bits per heavy atom. The van der Waals surface area contributed by atoms with Crippen LogP contribution in [0, 0.1) is 6.92 Å². The van der Waals surface area contributed by atoms with Crippen LogP contribution < -0.4 is 5.32 Å². The first kappa shape index (κ1) is 15.7. The first-order valence-corrected chi connectivity index (χ1v) is 8.50. The first-order chi connectivity index (χ1) is 11.1. The summed E-state index contributed by atoms with van der Waals surface area (Å²) in [4.78, 5) is 30.5. The molecule has 1 aromatic heterocycles. The maximum absolute atomic E-state index is 12.1. The zero-order chi connectivity index (χ0) is 16.2. The Morgan fingerprint density at radius 1 is 1.35 bits per heavy atom. The van der Waals surface area contributed by atoms with E-state index in [0.717, 1.165) is 29.1 Å². The van der Waals surface area contributed by atoms with E-state index in [0.29, 0.717) is 24.4 Å². The van der Waals surface area contributed by atoms with Crippen LogP contribution in [-0.4, -0.2) is 28.2 Å². The number of nitrogens with one attached hydrogen (secondary N) is 1. The van der Waals surface area contributed by atoms with Crippen LogP contribution in [0.4, 0.5) is 0 Å². The molecule has 1 N–H and O–H groups in total. The summed E-state index contributed by atoms with van der Waals surface area (Å²) in [6.45, 7) is 3.77. The van der Waals surface area contributed by atoms with Crippen molar-refractivity contribution in [3.8, 4) is 0 Å².